The third-order valence-corrected chi connectivity index (χ3v) is 7.87. The van der Waals surface area contributed by atoms with Gasteiger partial charge in [-0.2, -0.15) is 5.10 Å². The molecular formula is C31H32N4O2S. The highest BCUT2D eigenvalue weighted by molar-refractivity contribution is 8.00. The molecule has 6 nitrogen and oxygen atoms in total. The standard InChI is InChI=1S/C31H32N4O2S/c1-20(2)32-26(36)18-34-27(37)19-38-30(25-13-9-8-10-22(25)4)28-29(23-11-6-5-7-12-23)33-35(31(28)34)24-16-14-21(3)15-17-24/h5-17,20,30H,18-19H2,1-4H3,(H,32,36)/t30-/m1/s1. The molecule has 0 saturated heterocycles. The molecule has 3 aromatic carbocycles. The molecule has 0 saturated carbocycles. The molecule has 5 rings (SSSR count). The van der Waals surface area contributed by atoms with E-state index in [1.54, 1.807) is 16.7 Å². The summed E-state index contributed by atoms with van der Waals surface area (Å²) in [5, 5.41) is 7.95. The number of hydrogen-bond acceptors (Lipinski definition) is 4. The molecule has 0 radical (unpaired) electrons. The van der Waals surface area contributed by atoms with Crippen LogP contribution in [0.3, 0.4) is 0 Å². The lowest BCUT2D eigenvalue weighted by Gasteiger charge is -2.24. The van der Waals surface area contributed by atoms with Crippen molar-refractivity contribution in [2.24, 2.45) is 0 Å². The third-order valence-electron chi connectivity index (χ3n) is 6.64. The van der Waals surface area contributed by atoms with Gasteiger partial charge < -0.3 is 5.32 Å². The molecule has 194 valence electrons. The van der Waals surface area contributed by atoms with Crippen LogP contribution in [0.1, 0.15) is 41.4 Å². The van der Waals surface area contributed by atoms with Crippen LogP contribution in [0.15, 0.2) is 78.9 Å². The lowest BCUT2D eigenvalue weighted by atomic mass is 9.97. The van der Waals surface area contributed by atoms with Crippen molar-refractivity contribution in [1.29, 1.82) is 0 Å². The summed E-state index contributed by atoms with van der Waals surface area (Å²) >= 11 is 1.59. The molecule has 0 bridgehead atoms. The zero-order valence-corrected chi connectivity index (χ0v) is 23.0. The van der Waals surface area contributed by atoms with E-state index in [9.17, 15) is 9.59 Å². The van der Waals surface area contributed by atoms with Crippen LogP contribution in [0.5, 0.6) is 0 Å². The minimum absolute atomic E-state index is 0.0277. The molecule has 1 aliphatic heterocycles. The summed E-state index contributed by atoms with van der Waals surface area (Å²) in [7, 11) is 0. The number of nitrogens with one attached hydrogen (secondary N) is 1. The number of amides is 2. The molecule has 2 amide bonds. The smallest absolute Gasteiger partial charge is 0.240 e. The van der Waals surface area contributed by atoms with Gasteiger partial charge in [0.25, 0.3) is 0 Å². The molecule has 1 aliphatic rings. The van der Waals surface area contributed by atoms with Crippen molar-refractivity contribution < 1.29 is 9.59 Å². The maximum atomic E-state index is 13.7. The van der Waals surface area contributed by atoms with E-state index in [0.717, 1.165) is 39.2 Å². The van der Waals surface area contributed by atoms with Gasteiger partial charge in [0.05, 0.1) is 22.4 Å². The van der Waals surface area contributed by atoms with Gasteiger partial charge in [0.2, 0.25) is 11.8 Å². The van der Waals surface area contributed by atoms with Gasteiger partial charge in [-0.1, -0.05) is 72.3 Å². The van der Waals surface area contributed by atoms with E-state index < -0.39 is 0 Å². The van der Waals surface area contributed by atoms with Crippen molar-refractivity contribution in [3.63, 3.8) is 0 Å². The molecule has 1 N–H and O–H groups in total. The topological polar surface area (TPSA) is 67.2 Å². The number of benzene rings is 3. The first kappa shape index (κ1) is 25.8. The number of thioether (sulfide) groups is 1. The van der Waals surface area contributed by atoms with Crippen molar-refractivity contribution in [2.75, 3.05) is 17.2 Å². The van der Waals surface area contributed by atoms with Gasteiger partial charge in [-0.3, -0.25) is 14.5 Å². The van der Waals surface area contributed by atoms with Crippen molar-refractivity contribution in [3.8, 4) is 16.9 Å². The molecule has 7 heteroatoms. The van der Waals surface area contributed by atoms with Crippen LogP contribution < -0.4 is 10.2 Å². The van der Waals surface area contributed by atoms with Gasteiger partial charge in [0.1, 0.15) is 12.4 Å². The van der Waals surface area contributed by atoms with E-state index in [1.165, 1.54) is 0 Å². The van der Waals surface area contributed by atoms with E-state index in [4.69, 9.17) is 5.10 Å². The second-order valence-corrected chi connectivity index (χ2v) is 11.0. The minimum Gasteiger partial charge on any atom is -0.352 e. The van der Waals surface area contributed by atoms with Gasteiger partial charge in [-0.15, -0.1) is 11.8 Å². The summed E-state index contributed by atoms with van der Waals surface area (Å²) in [5.41, 5.74) is 6.98. The average Bonchev–Trinajstić information content (AvgIpc) is 3.22. The monoisotopic (exact) mass is 524 g/mol. The summed E-state index contributed by atoms with van der Waals surface area (Å²) in [4.78, 5) is 28.4. The molecular weight excluding hydrogens is 492 g/mol. The molecule has 4 aromatic rings. The number of aromatic nitrogens is 2. The second-order valence-electron chi connectivity index (χ2n) is 9.95. The normalized spacial score (nSPS) is 15.3. The zero-order valence-electron chi connectivity index (χ0n) is 22.1. The van der Waals surface area contributed by atoms with Crippen LogP contribution in [-0.2, 0) is 9.59 Å². The summed E-state index contributed by atoms with van der Waals surface area (Å²) < 4.78 is 1.84. The number of anilines is 1. The zero-order chi connectivity index (χ0) is 26.8. The van der Waals surface area contributed by atoms with Crippen LogP contribution in [0.4, 0.5) is 5.82 Å². The summed E-state index contributed by atoms with van der Waals surface area (Å²) in [6.45, 7) is 7.91. The van der Waals surface area contributed by atoms with Crippen LogP contribution in [0, 0.1) is 13.8 Å². The van der Waals surface area contributed by atoms with E-state index >= 15 is 0 Å². The lowest BCUT2D eigenvalue weighted by Crippen LogP contribution is -2.44. The quantitative estimate of drug-likeness (QED) is 0.344. The largest absolute Gasteiger partial charge is 0.352 e. The summed E-state index contributed by atoms with van der Waals surface area (Å²) in [6, 6.07) is 26.4. The molecule has 0 fully saturated rings. The minimum atomic E-state index is -0.198. The Morgan fingerprint density at radius 1 is 1.00 bits per heavy atom. The Hall–Kier alpha value is -3.84. The highest BCUT2D eigenvalue weighted by Gasteiger charge is 2.38. The van der Waals surface area contributed by atoms with Crippen LogP contribution in [0.25, 0.3) is 16.9 Å². The SMILES string of the molecule is Cc1ccc(-n2nc(-c3ccccc3)c3c2N(CC(=O)NC(C)C)C(=O)CS[C@@H]3c2ccccc2C)cc1. The predicted octanol–water partition coefficient (Wildman–Crippen LogP) is 5.85. The number of fused-ring (bicyclic) bond motifs is 1. The third kappa shape index (κ3) is 5.11. The molecule has 2 heterocycles. The van der Waals surface area contributed by atoms with Gasteiger partial charge in [-0.25, -0.2) is 4.68 Å². The van der Waals surface area contributed by atoms with Crippen molar-refractivity contribution in [3.05, 3.63) is 101 Å². The van der Waals surface area contributed by atoms with E-state index in [0.29, 0.717) is 5.82 Å². The van der Waals surface area contributed by atoms with Crippen LogP contribution in [0.2, 0.25) is 0 Å². The van der Waals surface area contributed by atoms with E-state index in [1.807, 2.05) is 92.2 Å². The first-order valence-corrected chi connectivity index (χ1v) is 13.9. The van der Waals surface area contributed by atoms with Crippen molar-refractivity contribution in [2.45, 2.75) is 39.0 Å². The number of carbonyl (C=O) groups is 2. The highest BCUT2D eigenvalue weighted by atomic mass is 32.2. The Morgan fingerprint density at radius 3 is 2.37 bits per heavy atom. The molecule has 38 heavy (non-hydrogen) atoms. The summed E-state index contributed by atoms with van der Waals surface area (Å²) in [5.74, 6) is 0.593. The second kappa shape index (κ2) is 10.9. The average molecular weight is 525 g/mol. The fourth-order valence-electron chi connectivity index (χ4n) is 4.83. The Kier molecular flexibility index (Phi) is 7.38. The lowest BCUT2D eigenvalue weighted by molar-refractivity contribution is -0.123. The van der Waals surface area contributed by atoms with Crippen LogP contribution >= 0.6 is 11.8 Å². The van der Waals surface area contributed by atoms with Gasteiger partial charge >= 0.3 is 0 Å². The first-order valence-electron chi connectivity index (χ1n) is 12.9. The van der Waals surface area contributed by atoms with E-state index in [2.05, 4.69) is 24.4 Å². The molecule has 0 aliphatic carbocycles. The van der Waals surface area contributed by atoms with Gasteiger partial charge in [0.15, 0.2) is 0 Å². The van der Waals surface area contributed by atoms with E-state index in [-0.39, 0.29) is 35.4 Å². The van der Waals surface area contributed by atoms with Crippen LogP contribution in [-0.4, -0.2) is 39.9 Å². The molecule has 0 spiro atoms. The molecule has 0 unspecified atom stereocenters. The molecule has 1 atom stereocenters. The maximum Gasteiger partial charge on any atom is 0.240 e. The number of aryl methyl sites for hydroxylation is 2. The number of rotatable bonds is 6. The predicted molar refractivity (Wildman–Crippen MR) is 155 cm³/mol. The highest BCUT2D eigenvalue weighted by Crippen LogP contribution is 2.49. The number of hydrogen-bond donors (Lipinski definition) is 1. The maximum absolute atomic E-state index is 13.7. The Morgan fingerprint density at radius 2 is 1.68 bits per heavy atom. The first-order chi connectivity index (χ1) is 18.3. The number of carbonyl (C=O) groups excluding carboxylic acids is 2. The number of nitrogens with zero attached hydrogens (tertiary/aromatic N) is 3. The van der Waals surface area contributed by atoms with Crippen molar-refractivity contribution in [1.82, 2.24) is 15.1 Å². The van der Waals surface area contributed by atoms with Gasteiger partial charge in [-0.05, 0) is 51.0 Å². The fraction of sp³-hybridized carbons (Fsp3) is 0.258. The fourth-order valence-corrected chi connectivity index (χ4v) is 6.12. The van der Waals surface area contributed by atoms with Gasteiger partial charge in [0, 0.05) is 17.2 Å². The Balaban J connectivity index is 1.81. The Bertz CT molecular complexity index is 1460. The molecule has 1 aromatic heterocycles. The summed E-state index contributed by atoms with van der Waals surface area (Å²) in [6.07, 6.45) is 0. The Labute approximate surface area is 228 Å². The van der Waals surface area contributed by atoms with Crippen molar-refractivity contribution >= 4 is 29.4 Å².